The van der Waals surface area contributed by atoms with E-state index in [-0.39, 0.29) is 11.9 Å². The molecule has 1 aromatic rings. The van der Waals surface area contributed by atoms with Gasteiger partial charge in [-0.3, -0.25) is 4.79 Å². The molecule has 0 N–H and O–H groups in total. The lowest BCUT2D eigenvalue weighted by atomic mass is 10.1. The standard InChI is InChI=1S/C13H19BrN2O/c1-9(2)8-16(10(3)4)13(17)11-5-6-15-12(14)7-11/h5-7,9-10H,8H2,1-4H3. The Morgan fingerprint density at radius 1 is 1.41 bits per heavy atom. The van der Waals surface area contributed by atoms with Gasteiger partial charge in [-0.1, -0.05) is 13.8 Å². The Bertz CT molecular complexity index is 391. The van der Waals surface area contributed by atoms with Gasteiger partial charge in [-0.2, -0.15) is 0 Å². The first kappa shape index (κ1) is 14.2. The number of aromatic nitrogens is 1. The van der Waals surface area contributed by atoms with Crippen molar-refractivity contribution >= 4 is 21.8 Å². The molecule has 0 unspecified atom stereocenters. The van der Waals surface area contributed by atoms with Crippen LogP contribution < -0.4 is 0 Å². The number of hydrogen-bond acceptors (Lipinski definition) is 2. The maximum atomic E-state index is 12.4. The molecule has 0 fully saturated rings. The highest BCUT2D eigenvalue weighted by Crippen LogP contribution is 2.14. The second-order valence-electron chi connectivity index (χ2n) is 4.81. The third kappa shape index (κ3) is 4.11. The van der Waals surface area contributed by atoms with Crippen LogP contribution in [0.1, 0.15) is 38.1 Å². The Balaban J connectivity index is 2.92. The van der Waals surface area contributed by atoms with E-state index in [1.165, 1.54) is 0 Å². The van der Waals surface area contributed by atoms with Crippen LogP contribution in [-0.4, -0.2) is 28.4 Å². The molecule has 0 aromatic carbocycles. The van der Waals surface area contributed by atoms with Crippen LogP contribution in [0.3, 0.4) is 0 Å². The molecule has 0 saturated heterocycles. The van der Waals surface area contributed by atoms with E-state index in [4.69, 9.17) is 0 Å². The smallest absolute Gasteiger partial charge is 0.254 e. The van der Waals surface area contributed by atoms with E-state index < -0.39 is 0 Å². The van der Waals surface area contributed by atoms with Crippen LogP contribution in [0.2, 0.25) is 0 Å². The highest BCUT2D eigenvalue weighted by atomic mass is 79.9. The van der Waals surface area contributed by atoms with Crippen molar-refractivity contribution in [2.45, 2.75) is 33.7 Å². The first-order valence-corrected chi connectivity index (χ1v) is 6.63. The number of rotatable bonds is 4. The third-order valence-electron chi connectivity index (χ3n) is 2.42. The summed E-state index contributed by atoms with van der Waals surface area (Å²) in [4.78, 5) is 18.3. The van der Waals surface area contributed by atoms with E-state index in [0.29, 0.717) is 16.1 Å². The first-order chi connectivity index (χ1) is 7.91. The zero-order chi connectivity index (χ0) is 13.0. The second kappa shape index (κ2) is 6.15. The fourth-order valence-corrected chi connectivity index (χ4v) is 1.99. The van der Waals surface area contributed by atoms with Crippen molar-refractivity contribution in [1.29, 1.82) is 0 Å². The van der Waals surface area contributed by atoms with Gasteiger partial charge in [-0.15, -0.1) is 0 Å². The number of nitrogens with zero attached hydrogens (tertiary/aromatic N) is 2. The van der Waals surface area contributed by atoms with Crippen molar-refractivity contribution in [2.75, 3.05) is 6.54 Å². The molecule has 1 amide bonds. The van der Waals surface area contributed by atoms with Crippen molar-refractivity contribution in [1.82, 2.24) is 9.88 Å². The molecule has 0 aliphatic carbocycles. The Morgan fingerprint density at radius 2 is 2.06 bits per heavy atom. The molecule has 0 aliphatic rings. The highest BCUT2D eigenvalue weighted by molar-refractivity contribution is 9.10. The number of carbonyl (C=O) groups excluding carboxylic acids is 1. The Hall–Kier alpha value is -0.900. The Kier molecular flexibility index (Phi) is 5.12. The molecule has 0 bridgehead atoms. The van der Waals surface area contributed by atoms with Crippen LogP contribution in [-0.2, 0) is 0 Å². The van der Waals surface area contributed by atoms with E-state index in [1.807, 2.05) is 18.7 Å². The van der Waals surface area contributed by atoms with E-state index >= 15 is 0 Å². The minimum atomic E-state index is 0.0665. The van der Waals surface area contributed by atoms with Crippen LogP contribution >= 0.6 is 15.9 Å². The molecule has 1 rings (SSSR count). The predicted molar refractivity (Wildman–Crippen MR) is 72.9 cm³/mol. The Morgan fingerprint density at radius 3 is 2.53 bits per heavy atom. The Labute approximate surface area is 111 Å². The highest BCUT2D eigenvalue weighted by Gasteiger charge is 2.19. The van der Waals surface area contributed by atoms with E-state index in [9.17, 15) is 4.79 Å². The van der Waals surface area contributed by atoms with Gasteiger partial charge in [-0.25, -0.2) is 4.98 Å². The average Bonchev–Trinajstić information content (AvgIpc) is 2.24. The van der Waals surface area contributed by atoms with Gasteiger partial charge in [0.2, 0.25) is 0 Å². The molecule has 0 spiro atoms. The van der Waals surface area contributed by atoms with Gasteiger partial charge in [0.15, 0.2) is 0 Å². The molecular formula is C13H19BrN2O. The lowest BCUT2D eigenvalue weighted by molar-refractivity contribution is 0.0681. The van der Waals surface area contributed by atoms with E-state index in [0.717, 1.165) is 6.54 Å². The van der Waals surface area contributed by atoms with Gasteiger partial charge in [0.25, 0.3) is 5.91 Å². The first-order valence-electron chi connectivity index (χ1n) is 5.84. The lowest BCUT2D eigenvalue weighted by Crippen LogP contribution is -2.39. The number of hydrogen-bond donors (Lipinski definition) is 0. The minimum Gasteiger partial charge on any atom is -0.336 e. The largest absolute Gasteiger partial charge is 0.336 e. The summed E-state index contributed by atoms with van der Waals surface area (Å²) in [5, 5.41) is 0. The summed E-state index contributed by atoms with van der Waals surface area (Å²) in [7, 11) is 0. The van der Waals surface area contributed by atoms with Crippen molar-refractivity contribution in [3.05, 3.63) is 28.5 Å². The van der Waals surface area contributed by atoms with Gasteiger partial charge < -0.3 is 4.90 Å². The summed E-state index contributed by atoms with van der Waals surface area (Å²) in [6.45, 7) is 9.08. The molecule has 3 nitrogen and oxygen atoms in total. The summed E-state index contributed by atoms with van der Waals surface area (Å²) in [6.07, 6.45) is 1.64. The molecule has 1 aromatic heterocycles. The predicted octanol–water partition coefficient (Wildman–Crippen LogP) is 3.35. The van der Waals surface area contributed by atoms with E-state index in [2.05, 4.69) is 34.8 Å². The fraction of sp³-hybridized carbons (Fsp3) is 0.538. The molecule has 0 atom stereocenters. The average molecular weight is 299 g/mol. The molecule has 0 saturated carbocycles. The molecule has 0 aliphatic heterocycles. The van der Waals surface area contributed by atoms with Gasteiger partial charge in [0, 0.05) is 24.3 Å². The molecule has 94 valence electrons. The summed E-state index contributed by atoms with van der Waals surface area (Å²) in [5.41, 5.74) is 0.682. The molecule has 1 heterocycles. The van der Waals surface area contributed by atoms with Gasteiger partial charge in [-0.05, 0) is 47.8 Å². The van der Waals surface area contributed by atoms with Crippen molar-refractivity contribution < 1.29 is 4.79 Å². The molecule has 4 heteroatoms. The SMILES string of the molecule is CC(C)CN(C(=O)c1ccnc(Br)c1)C(C)C. The van der Waals surface area contributed by atoms with Crippen LogP contribution in [0.4, 0.5) is 0 Å². The number of pyridine rings is 1. The van der Waals surface area contributed by atoms with Gasteiger partial charge >= 0.3 is 0 Å². The zero-order valence-corrected chi connectivity index (χ0v) is 12.4. The number of halogens is 1. The molecule has 0 radical (unpaired) electrons. The van der Waals surface area contributed by atoms with Crippen LogP contribution in [0.15, 0.2) is 22.9 Å². The van der Waals surface area contributed by atoms with Gasteiger partial charge in [0.1, 0.15) is 4.60 Å². The summed E-state index contributed by atoms with van der Waals surface area (Å²) in [5.74, 6) is 0.531. The van der Waals surface area contributed by atoms with Crippen molar-refractivity contribution in [3.8, 4) is 0 Å². The normalized spacial score (nSPS) is 11.0. The number of amides is 1. The summed E-state index contributed by atoms with van der Waals surface area (Å²) < 4.78 is 0.691. The third-order valence-corrected chi connectivity index (χ3v) is 2.85. The van der Waals surface area contributed by atoms with Crippen molar-refractivity contribution in [2.24, 2.45) is 5.92 Å². The van der Waals surface area contributed by atoms with E-state index in [1.54, 1.807) is 18.3 Å². The molecular weight excluding hydrogens is 280 g/mol. The van der Waals surface area contributed by atoms with Crippen LogP contribution in [0.25, 0.3) is 0 Å². The number of carbonyl (C=O) groups is 1. The topological polar surface area (TPSA) is 33.2 Å². The van der Waals surface area contributed by atoms with Crippen molar-refractivity contribution in [3.63, 3.8) is 0 Å². The monoisotopic (exact) mass is 298 g/mol. The van der Waals surface area contributed by atoms with Gasteiger partial charge in [0.05, 0.1) is 0 Å². The summed E-state index contributed by atoms with van der Waals surface area (Å²) >= 11 is 3.29. The lowest BCUT2D eigenvalue weighted by Gasteiger charge is -2.28. The maximum Gasteiger partial charge on any atom is 0.254 e. The van der Waals surface area contributed by atoms with Crippen LogP contribution in [0, 0.1) is 5.92 Å². The molecule has 17 heavy (non-hydrogen) atoms. The maximum absolute atomic E-state index is 12.4. The second-order valence-corrected chi connectivity index (χ2v) is 5.62. The zero-order valence-electron chi connectivity index (χ0n) is 10.8. The summed E-state index contributed by atoms with van der Waals surface area (Å²) in [6, 6.07) is 3.72. The minimum absolute atomic E-state index is 0.0665. The van der Waals surface area contributed by atoms with Crippen LogP contribution in [0.5, 0.6) is 0 Å². The quantitative estimate of drug-likeness (QED) is 0.799. The fourth-order valence-electron chi connectivity index (χ4n) is 1.62.